The zero-order valence-electron chi connectivity index (χ0n) is 25.0. The number of fused-ring (bicyclic) bond motifs is 7. The van der Waals surface area contributed by atoms with E-state index in [4.69, 9.17) is 0 Å². The molecule has 0 aromatic carbocycles. The number of nitrogens with one attached hydrogen (secondary N) is 1. The summed E-state index contributed by atoms with van der Waals surface area (Å²) in [5.74, 6) is 3.23. The van der Waals surface area contributed by atoms with E-state index in [-0.39, 0.29) is 0 Å². The number of rotatable bonds is 0. The minimum atomic E-state index is 0.818. The van der Waals surface area contributed by atoms with E-state index in [2.05, 4.69) is 53.1 Å². The maximum absolute atomic E-state index is 3.55. The van der Waals surface area contributed by atoms with Gasteiger partial charge in [0, 0.05) is 43.3 Å². The van der Waals surface area contributed by atoms with Gasteiger partial charge in [0.05, 0.1) is 0 Å². The summed E-state index contributed by atoms with van der Waals surface area (Å²) in [6.45, 7) is 6.65. The monoisotopic (exact) mass is 515 g/mol. The predicted molar refractivity (Wildman–Crippen MR) is 157 cm³/mol. The zero-order valence-corrected chi connectivity index (χ0v) is 25.0. The highest BCUT2D eigenvalue weighted by atomic mass is 15.2. The van der Waals surface area contributed by atoms with Crippen LogP contribution in [0.1, 0.15) is 96.3 Å². The molecule has 5 heteroatoms. The van der Waals surface area contributed by atoms with Gasteiger partial charge in [-0.25, -0.2) is 0 Å². The van der Waals surface area contributed by atoms with E-state index in [1.54, 1.807) is 0 Å². The fraction of sp³-hybridized carbons (Fsp3) is 1.00. The number of hydrogen-bond donors (Lipinski definition) is 1. The number of nitrogens with zero attached hydrogens (tertiary/aromatic N) is 4. The van der Waals surface area contributed by atoms with Crippen LogP contribution in [-0.2, 0) is 0 Å². The quantitative estimate of drug-likeness (QED) is 0.494. The lowest BCUT2D eigenvalue weighted by Gasteiger charge is -2.43. The van der Waals surface area contributed by atoms with E-state index in [1.807, 2.05) is 0 Å². The molecular formula is C32H61N5. The summed E-state index contributed by atoms with van der Waals surface area (Å²) in [6.07, 6.45) is 22.0. The van der Waals surface area contributed by atoms with Crippen LogP contribution in [0.5, 0.6) is 0 Å². The first-order chi connectivity index (χ1) is 18.0. The van der Waals surface area contributed by atoms with Gasteiger partial charge in [0.1, 0.15) is 0 Å². The maximum Gasteiger partial charge on any atom is 0.0258 e. The van der Waals surface area contributed by atoms with Crippen molar-refractivity contribution in [1.29, 1.82) is 0 Å². The Morgan fingerprint density at radius 3 is 1.76 bits per heavy atom. The molecule has 0 spiro atoms. The van der Waals surface area contributed by atoms with E-state index in [0.717, 1.165) is 48.0 Å². The molecule has 5 nitrogen and oxygen atoms in total. The maximum atomic E-state index is 3.55. The SMILES string of the molecule is CN1C2CCC1CC2.CN1CC2CCC1CC2.CN1CCC2CCCC2C1.CN1CCCC2NCCC21. The third kappa shape index (κ3) is 7.31. The van der Waals surface area contributed by atoms with Gasteiger partial charge in [-0.1, -0.05) is 12.8 Å². The molecule has 4 bridgehead atoms. The number of likely N-dealkylation sites (N-methyl/N-ethyl adjacent to an activating group) is 1. The minimum absolute atomic E-state index is 0.818. The van der Waals surface area contributed by atoms with Gasteiger partial charge in [-0.15, -0.1) is 0 Å². The van der Waals surface area contributed by atoms with Crippen molar-refractivity contribution in [3.8, 4) is 0 Å². The van der Waals surface area contributed by atoms with E-state index in [0.29, 0.717) is 0 Å². The summed E-state index contributed by atoms with van der Waals surface area (Å²) in [7, 11) is 9.06. The van der Waals surface area contributed by atoms with Crippen molar-refractivity contribution < 1.29 is 0 Å². The van der Waals surface area contributed by atoms with Crippen molar-refractivity contribution in [1.82, 2.24) is 24.9 Å². The molecule has 4 unspecified atom stereocenters. The zero-order chi connectivity index (χ0) is 25.8. The van der Waals surface area contributed by atoms with Gasteiger partial charge in [-0.3, -0.25) is 0 Å². The Morgan fingerprint density at radius 1 is 0.541 bits per heavy atom. The van der Waals surface area contributed by atoms with Gasteiger partial charge in [0.25, 0.3) is 0 Å². The van der Waals surface area contributed by atoms with Crippen LogP contribution in [0.25, 0.3) is 0 Å². The highest BCUT2D eigenvalue weighted by molar-refractivity contribution is 4.93. The smallest absolute Gasteiger partial charge is 0.0258 e. The summed E-state index contributed by atoms with van der Waals surface area (Å²) in [5.41, 5.74) is 0. The molecule has 214 valence electrons. The molecule has 2 aliphatic carbocycles. The van der Waals surface area contributed by atoms with Gasteiger partial charge < -0.3 is 24.9 Å². The molecule has 0 amide bonds. The summed E-state index contributed by atoms with van der Waals surface area (Å²) >= 11 is 0. The van der Waals surface area contributed by atoms with E-state index in [9.17, 15) is 0 Å². The highest BCUT2D eigenvalue weighted by Gasteiger charge is 2.36. The van der Waals surface area contributed by atoms with Crippen LogP contribution in [0.4, 0.5) is 0 Å². The highest BCUT2D eigenvalue weighted by Crippen LogP contribution is 2.37. The molecule has 0 aromatic heterocycles. The first kappa shape index (κ1) is 28.3. The first-order valence-corrected chi connectivity index (χ1v) is 16.5. The van der Waals surface area contributed by atoms with Gasteiger partial charge in [0.15, 0.2) is 0 Å². The standard InChI is InChI=1S/C9H17N.C8H16N2.C8H15N.C7H13N/c1-10-6-5-8-3-2-4-9(8)7-10;1-10-6-2-3-7-8(10)4-5-9-7;1-9-6-7-2-4-8(9)5-3-7;1-8-6-2-3-7(8)5-4-6/h8-9H,2-7H2,1H3;7-9H,2-6H2,1H3;7-8H,2-6H2,1H3;6-7H,2-5H2,1H3. The van der Waals surface area contributed by atoms with Crippen molar-refractivity contribution >= 4 is 0 Å². The Hall–Kier alpha value is -0.200. The lowest BCUT2D eigenvalue weighted by atomic mass is 9.80. The van der Waals surface area contributed by atoms with Gasteiger partial charge in [0.2, 0.25) is 0 Å². The average Bonchev–Trinajstić information content (AvgIpc) is 3.72. The average molecular weight is 516 g/mol. The fourth-order valence-corrected chi connectivity index (χ4v) is 9.41. The number of piperidine rings is 4. The topological polar surface area (TPSA) is 25.0 Å². The third-order valence-electron chi connectivity index (χ3n) is 12.0. The van der Waals surface area contributed by atoms with Crippen molar-refractivity contribution in [3.63, 3.8) is 0 Å². The summed E-state index contributed by atoms with van der Waals surface area (Å²) in [6, 6.07) is 4.57. The molecule has 9 rings (SSSR count). The van der Waals surface area contributed by atoms with E-state index in [1.165, 1.54) is 129 Å². The second-order valence-corrected chi connectivity index (χ2v) is 14.3. The Morgan fingerprint density at radius 2 is 1.22 bits per heavy atom. The van der Waals surface area contributed by atoms with Gasteiger partial charge >= 0.3 is 0 Å². The molecule has 7 saturated heterocycles. The molecule has 7 aliphatic heterocycles. The number of hydrogen-bond acceptors (Lipinski definition) is 5. The Balaban J connectivity index is 0.000000101. The van der Waals surface area contributed by atoms with Crippen LogP contribution in [0.15, 0.2) is 0 Å². The molecule has 0 aromatic rings. The summed E-state index contributed by atoms with van der Waals surface area (Å²) in [4.78, 5) is 10.1. The fourth-order valence-electron chi connectivity index (χ4n) is 9.41. The number of likely N-dealkylation sites (tertiary alicyclic amines) is 2. The van der Waals surface area contributed by atoms with Crippen LogP contribution in [0, 0.1) is 17.8 Å². The molecule has 9 aliphatic rings. The van der Waals surface area contributed by atoms with Crippen molar-refractivity contribution in [2.45, 2.75) is 127 Å². The summed E-state index contributed by atoms with van der Waals surface area (Å²) < 4.78 is 0. The predicted octanol–water partition coefficient (Wildman–Crippen LogP) is 4.91. The molecule has 37 heavy (non-hydrogen) atoms. The van der Waals surface area contributed by atoms with Crippen molar-refractivity contribution in [2.75, 3.05) is 60.9 Å². The lowest BCUT2D eigenvalue weighted by Crippen LogP contribution is -2.46. The normalized spacial score (nSPS) is 43.1. The molecule has 7 heterocycles. The second kappa shape index (κ2) is 13.4. The van der Waals surface area contributed by atoms with Crippen LogP contribution in [-0.4, -0.2) is 111 Å². The Bertz CT molecular complexity index is 658. The van der Waals surface area contributed by atoms with Crippen LogP contribution < -0.4 is 5.32 Å². The molecule has 1 N–H and O–H groups in total. The first-order valence-electron chi connectivity index (χ1n) is 16.5. The van der Waals surface area contributed by atoms with Crippen molar-refractivity contribution in [2.24, 2.45) is 17.8 Å². The van der Waals surface area contributed by atoms with Gasteiger partial charge in [-0.05, 0) is 149 Å². The Labute approximate surface area is 230 Å². The molecule has 2 saturated carbocycles. The van der Waals surface area contributed by atoms with E-state index >= 15 is 0 Å². The van der Waals surface area contributed by atoms with Crippen molar-refractivity contribution in [3.05, 3.63) is 0 Å². The van der Waals surface area contributed by atoms with Crippen LogP contribution in [0.2, 0.25) is 0 Å². The van der Waals surface area contributed by atoms with E-state index < -0.39 is 0 Å². The van der Waals surface area contributed by atoms with Gasteiger partial charge in [-0.2, -0.15) is 0 Å². The van der Waals surface area contributed by atoms with Crippen LogP contribution >= 0.6 is 0 Å². The third-order valence-corrected chi connectivity index (χ3v) is 12.0. The Kier molecular flexibility index (Phi) is 10.3. The molecular weight excluding hydrogens is 454 g/mol. The largest absolute Gasteiger partial charge is 0.312 e. The van der Waals surface area contributed by atoms with Crippen LogP contribution in [0.3, 0.4) is 0 Å². The molecule has 4 atom stereocenters. The summed E-state index contributed by atoms with van der Waals surface area (Å²) in [5, 5.41) is 3.55. The molecule has 9 fully saturated rings. The second-order valence-electron chi connectivity index (χ2n) is 14.3. The molecule has 0 radical (unpaired) electrons. The lowest BCUT2D eigenvalue weighted by molar-refractivity contribution is 0.0727. The minimum Gasteiger partial charge on any atom is -0.312 e.